The van der Waals surface area contributed by atoms with Gasteiger partial charge in [0.2, 0.25) is 0 Å². The minimum atomic E-state index is -3.48. The molecule has 2 aliphatic heterocycles. The second-order valence-corrected chi connectivity index (χ2v) is 7.38. The number of ether oxygens (including phenoxy) is 1. The minimum Gasteiger partial charge on any atom is -0.465 e. The summed E-state index contributed by atoms with van der Waals surface area (Å²) in [6.07, 6.45) is 3.13. The Labute approximate surface area is 125 Å². The Morgan fingerprint density at radius 1 is 1.24 bits per heavy atom. The lowest BCUT2D eigenvalue weighted by atomic mass is 10.1. The predicted molar refractivity (Wildman–Crippen MR) is 78.0 cm³/mol. The smallest absolute Gasteiger partial charge is 0.280 e. The number of nitrogens with zero attached hydrogens (tertiary/aromatic N) is 1. The largest absolute Gasteiger partial charge is 0.465 e. The topological polar surface area (TPSA) is 71.8 Å². The molecule has 2 fully saturated rings. The Morgan fingerprint density at radius 2 is 2.00 bits per heavy atom. The molecule has 0 aliphatic carbocycles. The second-order valence-electron chi connectivity index (χ2n) is 5.73. The summed E-state index contributed by atoms with van der Waals surface area (Å²) in [5.74, 6) is 1.55. The fourth-order valence-corrected chi connectivity index (χ4v) is 4.74. The third kappa shape index (κ3) is 3.31. The van der Waals surface area contributed by atoms with Crippen LogP contribution in [0.25, 0.3) is 0 Å². The van der Waals surface area contributed by atoms with Crippen molar-refractivity contribution in [2.75, 3.05) is 19.8 Å². The minimum absolute atomic E-state index is 0.0247. The lowest BCUT2D eigenvalue weighted by Gasteiger charge is -2.28. The fraction of sp³-hybridized carbons (Fsp3) is 0.714. The molecule has 3 rings (SSSR count). The number of rotatable bonds is 4. The Bertz CT molecular complexity index is 578. The molecule has 0 spiro atoms. The Hall–Kier alpha value is -0.890. The summed E-state index contributed by atoms with van der Waals surface area (Å²) in [7, 11) is -3.48. The molecule has 2 aliphatic rings. The van der Waals surface area contributed by atoms with Crippen molar-refractivity contribution >= 4 is 10.2 Å². The van der Waals surface area contributed by atoms with Crippen LogP contribution in [-0.4, -0.2) is 38.5 Å². The van der Waals surface area contributed by atoms with Gasteiger partial charge in [-0.2, -0.15) is 17.4 Å². The van der Waals surface area contributed by atoms with Crippen LogP contribution >= 0.6 is 0 Å². The average molecular weight is 314 g/mol. The second kappa shape index (κ2) is 6.08. The number of nitrogens with one attached hydrogen (secondary N) is 1. The zero-order chi connectivity index (χ0) is 14.9. The summed E-state index contributed by atoms with van der Waals surface area (Å²) in [5, 5.41) is 0. The average Bonchev–Trinajstić information content (AvgIpc) is 3.07. The summed E-state index contributed by atoms with van der Waals surface area (Å²) in [6, 6.07) is 3.55. The summed E-state index contributed by atoms with van der Waals surface area (Å²) >= 11 is 0. The monoisotopic (exact) mass is 314 g/mol. The van der Waals surface area contributed by atoms with Gasteiger partial charge in [-0.1, -0.05) is 0 Å². The van der Waals surface area contributed by atoms with Gasteiger partial charge in [-0.15, -0.1) is 0 Å². The van der Waals surface area contributed by atoms with Gasteiger partial charge in [0, 0.05) is 25.8 Å². The van der Waals surface area contributed by atoms with E-state index in [-0.39, 0.29) is 12.1 Å². The molecule has 1 aromatic rings. The summed E-state index contributed by atoms with van der Waals surface area (Å²) < 4.78 is 40.5. The van der Waals surface area contributed by atoms with Crippen LogP contribution in [0.2, 0.25) is 0 Å². The van der Waals surface area contributed by atoms with Gasteiger partial charge in [0.25, 0.3) is 10.2 Å². The van der Waals surface area contributed by atoms with Crippen molar-refractivity contribution in [3.8, 4) is 0 Å². The van der Waals surface area contributed by atoms with Gasteiger partial charge >= 0.3 is 0 Å². The van der Waals surface area contributed by atoms with Gasteiger partial charge in [-0.25, -0.2) is 0 Å². The molecule has 0 saturated carbocycles. The van der Waals surface area contributed by atoms with E-state index in [1.54, 1.807) is 4.31 Å². The van der Waals surface area contributed by atoms with Crippen molar-refractivity contribution in [3.05, 3.63) is 23.7 Å². The molecule has 0 bridgehead atoms. The van der Waals surface area contributed by atoms with Gasteiger partial charge in [0.05, 0.1) is 6.04 Å². The molecule has 0 aromatic carbocycles. The highest BCUT2D eigenvalue weighted by molar-refractivity contribution is 7.87. The third-order valence-electron chi connectivity index (χ3n) is 4.14. The van der Waals surface area contributed by atoms with Gasteiger partial charge in [-0.3, -0.25) is 0 Å². The van der Waals surface area contributed by atoms with Crippen LogP contribution in [0, 0.1) is 6.92 Å². The van der Waals surface area contributed by atoms with Crippen LogP contribution in [0.15, 0.2) is 16.5 Å². The first kappa shape index (κ1) is 15.0. The van der Waals surface area contributed by atoms with Crippen molar-refractivity contribution < 1.29 is 17.6 Å². The highest BCUT2D eigenvalue weighted by atomic mass is 32.2. The predicted octanol–water partition coefficient (Wildman–Crippen LogP) is 1.74. The molecular weight excluding hydrogens is 292 g/mol. The van der Waals surface area contributed by atoms with E-state index in [0.29, 0.717) is 19.8 Å². The highest BCUT2D eigenvalue weighted by Crippen LogP contribution is 2.34. The first-order valence-corrected chi connectivity index (χ1v) is 8.93. The quantitative estimate of drug-likeness (QED) is 0.919. The van der Waals surface area contributed by atoms with Crippen LogP contribution in [-0.2, 0) is 14.9 Å². The molecule has 21 heavy (non-hydrogen) atoms. The van der Waals surface area contributed by atoms with Crippen molar-refractivity contribution in [2.24, 2.45) is 0 Å². The van der Waals surface area contributed by atoms with Crippen molar-refractivity contribution in [3.63, 3.8) is 0 Å². The maximum absolute atomic E-state index is 12.6. The van der Waals surface area contributed by atoms with E-state index in [4.69, 9.17) is 9.15 Å². The molecule has 1 aromatic heterocycles. The van der Waals surface area contributed by atoms with Crippen LogP contribution in [0.1, 0.15) is 43.2 Å². The highest BCUT2D eigenvalue weighted by Gasteiger charge is 2.38. The summed E-state index contributed by atoms with van der Waals surface area (Å²) in [4.78, 5) is 0. The molecule has 1 unspecified atom stereocenters. The van der Waals surface area contributed by atoms with Crippen molar-refractivity contribution in [2.45, 2.75) is 44.7 Å². The first-order valence-electron chi connectivity index (χ1n) is 7.49. The standard InChI is InChI=1S/C14H22N2O4S/c1-11-4-5-14(20-11)13-3-2-8-16(13)21(17,18)15-12-6-9-19-10-7-12/h4-5,12-13,15H,2-3,6-10H2,1H3. The fourth-order valence-electron chi connectivity index (χ4n) is 3.04. The first-order chi connectivity index (χ1) is 10.1. The Morgan fingerprint density at radius 3 is 2.67 bits per heavy atom. The van der Waals surface area contributed by atoms with E-state index in [2.05, 4.69) is 4.72 Å². The van der Waals surface area contributed by atoms with Gasteiger partial charge in [-0.05, 0) is 44.7 Å². The van der Waals surface area contributed by atoms with Crippen LogP contribution in [0.4, 0.5) is 0 Å². The molecule has 0 radical (unpaired) electrons. The van der Waals surface area contributed by atoms with Gasteiger partial charge < -0.3 is 9.15 Å². The van der Waals surface area contributed by atoms with E-state index in [0.717, 1.165) is 37.2 Å². The molecule has 118 valence electrons. The SMILES string of the molecule is Cc1ccc(C2CCCN2S(=O)(=O)NC2CCOCC2)o1. The molecule has 1 atom stereocenters. The molecule has 6 nitrogen and oxygen atoms in total. The summed E-state index contributed by atoms with van der Waals surface area (Å²) in [6.45, 7) is 3.66. The zero-order valence-corrected chi connectivity index (χ0v) is 13.1. The zero-order valence-electron chi connectivity index (χ0n) is 12.2. The van der Waals surface area contributed by atoms with E-state index in [1.807, 2.05) is 19.1 Å². The molecule has 1 N–H and O–H groups in total. The maximum atomic E-state index is 12.6. The lowest BCUT2D eigenvalue weighted by Crippen LogP contribution is -2.46. The molecular formula is C14H22N2O4S. The Kier molecular flexibility index (Phi) is 4.35. The third-order valence-corrected chi connectivity index (χ3v) is 5.82. The maximum Gasteiger partial charge on any atom is 0.280 e. The number of hydrogen-bond acceptors (Lipinski definition) is 4. The number of furan rings is 1. The van der Waals surface area contributed by atoms with Gasteiger partial charge in [0.1, 0.15) is 11.5 Å². The lowest BCUT2D eigenvalue weighted by molar-refractivity contribution is 0.0827. The van der Waals surface area contributed by atoms with Crippen LogP contribution in [0.5, 0.6) is 0 Å². The molecule has 0 amide bonds. The molecule has 7 heteroatoms. The van der Waals surface area contributed by atoms with Crippen LogP contribution < -0.4 is 4.72 Å². The number of aryl methyl sites for hydroxylation is 1. The Balaban J connectivity index is 1.74. The van der Waals surface area contributed by atoms with E-state index in [1.165, 1.54) is 0 Å². The van der Waals surface area contributed by atoms with E-state index >= 15 is 0 Å². The number of hydrogen-bond donors (Lipinski definition) is 1. The van der Waals surface area contributed by atoms with Gasteiger partial charge in [0.15, 0.2) is 0 Å². The van der Waals surface area contributed by atoms with E-state index in [9.17, 15) is 8.42 Å². The van der Waals surface area contributed by atoms with Crippen molar-refractivity contribution in [1.82, 2.24) is 9.03 Å². The summed E-state index contributed by atoms with van der Waals surface area (Å²) in [5.41, 5.74) is 0. The molecule has 3 heterocycles. The van der Waals surface area contributed by atoms with Crippen molar-refractivity contribution in [1.29, 1.82) is 0 Å². The van der Waals surface area contributed by atoms with Crippen LogP contribution in [0.3, 0.4) is 0 Å². The molecule has 2 saturated heterocycles. The normalized spacial score (nSPS) is 25.5. The van der Waals surface area contributed by atoms with E-state index < -0.39 is 10.2 Å².